The molecule has 0 saturated heterocycles. The fraction of sp³-hybridized carbons (Fsp3) is 0.0545. The summed E-state index contributed by atoms with van der Waals surface area (Å²) in [5.41, 5.74) is 12.2. The van der Waals surface area contributed by atoms with Crippen LogP contribution in [0.5, 0.6) is 0 Å². The molecule has 1 aliphatic carbocycles. The van der Waals surface area contributed by atoms with Crippen LogP contribution in [0.4, 0.5) is 17.1 Å². The lowest BCUT2D eigenvalue weighted by molar-refractivity contribution is 0.660. The fourth-order valence-corrected chi connectivity index (χ4v) is 8.98. The number of fused-ring (bicyclic) bond motifs is 7. The van der Waals surface area contributed by atoms with Gasteiger partial charge in [0.2, 0.25) is 0 Å². The molecule has 0 amide bonds. The molecule has 0 fully saturated rings. The molecule has 0 aliphatic heterocycles. The van der Waals surface area contributed by atoms with Crippen molar-refractivity contribution in [1.82, 2.24) is 4.57 Å². The van der Waals surface area contributed by atoms with Gasteiger partial charge in [0.1, 0.15) is 0 Å². The van der Waals surface area contributed by atoms with E-state index in [2.05, 4.69) is 134 Å². The third kappa shape index (κ3) is 5.40. The van der Waals surface area contributed by atoms with E-state index in [1.54, 1.807) is 0 Å². The van der Waals surface area contributed by atoms with Crippen LogP contribution >= 0.6 is 0 Å². The Kier molecular flexibility index (Phi) is 6.64. The molecule has 0 bridgehead atoms. The first-order valence-corrected chi connectivity index (χ1v) is 19.5. The third-order valence-electron chi connectivity index (χ3n) is 11.8. The number of anilines is 3. The van der Waals surface area contributed by atoms with E-state index in [1.165, 1.54) is 16.5 Å². The van der Waals surface area contributed by atoms with E-state index in [4.69, 9.17) is 0 Å². The smallest absolute Gasteiger partial charge is 0.0645 e. The summed E-state index contributed by atoms with van der Waals surface area (Å²) in [5, 5.41) is 4.35. The Hall–Kier alpha value is -7.16. The van der Waals surface area contributed by atoms with E-state index in [1.807, 2.05) is 71.6 Å². The molecule has 10 aromatic rings. The van der Waals surface area contributed by atoms with Crippen molar-refractivity contribution in [3.05, 3.63) is 217 Å². The third-order valence-corrected chi connectivity index (χ3v) is 11.8. The zero-order chi connectivity index (χ0) is 41.6. The van der Waals surface area contributed by atoms with Crippen molar-refractivity contribution in [3.63, 3.8) is 0 Å². The molecule has 1 aliphatic rings. The fourth-order valence-electron chi connectivity index (χ4n) is 8.98. The Morgan fingerprint density at radius 2 is 1.11 bits per heavy atom. The van der Waals surface area contributed by atoms with Crippen molar-refractivity contribution in [2.45, 2.75) is 19.3 Å². The van der Waals surface area contributed by atoms with Gasteiger partial charge in [-0.2, -0.15) is 0 Å². The first-order chi connectivity index (χ1) is 29.7. The summed E-state index contributed by atoms with van der Waals surface area (Å²) in [6.45, 7) is 4.48. The maximum Gasteiger partial charge on any atom is 0.0645 e. The van der Waals surface area contributed by atoms with E-state index in [0.29, 0.717) is 5.56 Å². The van der Waals surface area contributed by atoms with Crippen LogP contribution in [0.2, 0.25) is 0 Å². The maximum atomic E-state index is 9.75. The van der Waals surface area contributed by atoms with E-state index in [9.17, 15) is 5.48 Å². The topological polar surface area (TPSA) is 8.17 Å². The summed E-state index contributed by atoms with van der Waals surface area (Å²) in [6.07, 6.45) is 0. The number of benzene rings is 9. The Balaban J connectivity index is 1.10. The number of para-hydroxylation sites is 1. The molecule has 11 rings (SSSR count). The highest BCUT2D eigenvalue weighted by Gasteiger charge is 2.35. The SMILES string of the molecule is [2H]c1c([2H])c(N(c2cccc(-c3ccccc3)c2)c2ccc3c(c2)C(C)(C)c2ccccc2-3)c([2H])c([2H])c1-c1ccc2c(c1)c1ccccc1n2-c1ccc2ccccc2c1. The summed E-state index contributed by atoms with van der Waals surface area (Å²) < 4.78 is 41.0. The van der Waals surface area contributed by atoms with E-state index in [-0.39, 0.29) is 40.8 Å². The van der Waals surface area contributed by atoms with Crippen molar-refractivity contribution in [3.8, 4) is 39.1 Å². The predicted molar refractivity (Wildman–Crippen MR) is 241 cm³/mol. The van der Waals surface area contributed by atoms with Crippen LogP contribution in [0.15, 0.2) is 206 Å². The molecular formula is C55H40N2. The van der Waals surface area contributed by atoms with Gasteiger partial charge in [0.25, 0.3) is 0 Å². The molecule has 2 heteroatoms. The quantitative estimate of drug-likeness (QED) is 0.165. The van der Waals surface area contributed by atoms with Gasteiger partial charge in [0.15, 0.2) is 0 Å². The molecule has 270 valence electrons. The van der Waals surface area contributed by atoms with Gasteiger partial charge >= 0.3 is 0 Å². The average molecular weight is 733 g/mol. The first kappa shape index (κ1) is 29.2. The second-order valence-electron chi connectivity index (χ2n) is 15.5. The highest BCUT2D eigenvalue weighted by molar-refractivity contribution is 6.10. The van der Waals surface area contributed by atoms with Gasteiger partial charge in [0, 0.05) is 38.9 Å². The Bertz CT molecular complexity index is 3370. The Labute approximate surface area is 339 Å². The molecule has 0 radical (unpaired) electrons. The average Bonchev–Trinajstić information content (AvgIpc) is 3.75. The summed E-state index contributed by atoms with van der Waals surface area (Å²) in [4.78, 5) is 1.91. The van der Waals surface area contributed by atoms with Crippen LogP contribution in [0.1, 0.15) is 30.5 Å². The second-order valence-corrected chi connectivity index (χ2v) is 15.5. The maximum absolute atomic E-state index is 9.75. The predicted octanol–water partition coefficient (Wildman–Crippen LogP) is 15.0. The summed E-state index contributed by atoms with van der Waals surface area (Å²) in [7, 11) is 0. The molecule has 0 unspecified atom stereocenters. The zero-order valence-electron chi connectivity index (χ0n) is 35.7. The van der Waals surface area contributed by atoms with Crippen molar-refractivity contribution in [1.29, 1.82) is 0 Å². The van der Waals surface area contributed by atoms with Crippen LogP contribution in [0, 0.1) is 0 Å². The van der Waals surface area contributed by atoms with Gasteiger partial charge in [0.05, 0.1) is 16.5 Å². The lowest BCUT2D eigenvalue weighted by atomic mass is 9.82. The van der Waals surface area contributed by atoms with Crippen LogP contribution in [0.3, 0.4) is 0 Å². The summed E-state index contributed by atoms with van der Waals surface area (Å²) in [6, 6.07) is 61.9. The molecule has 0 atom stereocenters. The van der Waals surface area contributed by atoms with Crippen molar-refractivity contribution in [2.24, 2.45) is 0 Å². The van der Waals surface area contributed by atoms with E-state index in [0.717, 1.165) is 66.5 Å². The Morgan fingerprint density at radius 1 is 0.421 bits per heavy atom. The van der Waals surface area contributed by atoms with Crippen molar-refractivity contribution in [2.75, 3.05) is 4.90 Å². The lowest BCUT2D eigenvalue weighted by Gasteiger charge is -2.28. The van der Waals surface area contributed by atoms with Crippen LogP contribution < -0.4 is 4.90 Å². The normalized spacial score (nSPS) is 13.9. The first-order valence-electron chi connectivity index (χ1n) is 21.5. The van der Waals surface area contributed by atoms with Crippen LogP contribution in [-0.2, 0) is 5.41 Å². The zero-order valence-corrected chi connectivity index (χ0v) is 31.7. The molecule has 1 aromatic heterocycles. The number of nitrogens with zero attached hydrogens (tertiary/aromatic N) is 2. The lowest BCUT2D eigenvalue weighted by Crippen LogP contribution is -2.16. The number of hydrogen-bond donors (Lipinski definition) is 0. The summed E-state index contributed by atoms with van der Waals surface area (Å²) >= 11 is 0. The standard InChI is InChI=1S/C55H40N2/c1-55(2)51-21-10-8-19-47(51)48-31-30-46(36-52(48)55)56(44-18-12-17-41(33-44)37-13-4-3-5-14-37)43-27-23-39(24-28-43)42-26-32-54-50(35-42)49-20-9-11-22-53(49)57(54)45-29-25-38-15-6-7-16-40(38)34-45/h3-36H,1-2H3/i23D,24D,27D,28D. The molecular weight excluding hydrogens is 689 g/mol. The minimum atomic E-state index is -0.284. The van der Waals surface area contributed by atoms with Gasteiger partial charge in [-0.05, 0) is 122 Å². The van der Waals surface area contributed by atoms with Crippen LogP contribution in [-0.4, -0.2) is 4.57 Å². The van der Waals surface area contributed by atoms with Gasteiger partial charge in [-0.25, -0.2) is 0 Å². The molecule has 0 N–H and O–H groups in total. The Morgan fingerprint density at radius 3 is 1.98 bits per heavy atom. The molecule has 1 heterocycles. The highest BCUT2D eigenvalue weighted by atomic mass is 15.1. The van der Waals surface area contributed by atoms with E-state index < -0.39 is 0 Å². The second kappa shape index (κ2) is 13.0. The minimum Gasteiger partial charge on any atom is -0.310 e. The van der Waals surface area contributed by atoms with Crippen molar-refractivity contribution >= 4 is 49.6 Å². The van der Waals surface area contributed by atoms with Gasteiger partial charge in [-0.1, -0.05) is 153 Å². The number of hydrogen-bond acceptors (Lipinski definition) is 1. The molecule has 57 heavy (non-hydrogen) atoms. The summed E-state index contributed by atoms with van der Waals surface area (Å²) in [5.74, 6) is 0. The molecule has 0 saturated carbocycles. The molecule has 0 spiro atoms. The molecule has 2 nitrogen and oxygen atoms in total. The number of rotatable bonds is 6. The van der Waals surface area contributed by atoms with Gasteiger partial charge < -0.3 is 9.47 Å². The monoisotopic (exact) mass is 732 g/mol. The van der Waals surface area contributed by atoms with Crippen LogP contribution in [0.25, 0.3) is 71.6 Å². The van der Waals surface area contributed by atoms with Gasteiger partial charge in [-0.3, -0.25) is 0 Å². The van der Waals surface area contributed by atoms with Gasteiger partial charge in [-0.15, -0.1) is 0 Å². The van der Waals surface area contributed by atoms with E-state index >= 15 is 0 Å². The highest BCUT2D eigenvalue weighted by Crippen LogP contribution is 2.51. The number of aromatic nitrogens is 1. The minimum absolute atomic E-state index is 0.0910. The van der Waals surface area contributed by atoms with Crippen molar-refractivity contribution < 1.29 is 5.48 Å². The largest absolute Gasteiger partial charge is 0.310 e. The molecule has 9 aromatic carbocycles.